The van der Waals surface area contributed by atoms with E-state index in [2.05, 4.69) is 18.1 Å². The van der Waals surface area contributed by atoms with Crippen LogP contribution in [-0.2, 0) is 10.3 Å². The Balaban J connectivity index is 1.80. The average Bonchev–Trinajstić information content (AvgIpc) is 3.07. The van der Waals surface area contributed by atoms with Crippen LogP contribution < -0.4 is 20.9 Å². The molecule has 2 aliphatic rings. The predicted molar refractivity (Wildman–Crippen MR) is 129 cm³/mol. The molecule has 0 bridgehead atoms. The van der Waals surface area contributed by atoms with E-state index in [1.165, 1.54) is 29.3 Å². The number of nitrogens with two attached hydrogens (primary N) is 1. The lowest BCUT2D eigenvalue weighted by molar-refractivity contribution is 0.0224. The highest BCUT2D eigenvalue weighted by atomic mass is 32.1. The summed E-state index contributed by atoms with van der Waals surface area (Å²) in [6.07, 6.45) is 0. The molecule has 5 N–H and O–H groups in total. The van der Waals surface area contributed by atoms with Crippen molar-refractivity contribution in [3.63, 3.8) is 0 Å². The molecule has 2 aliphatic heterocycles. The Morgan fingerprint density at radius 2 is 1.70 bits per heavy atom. The number of carbonyl (C=O) groups excluding carboxylic acids is 1. The zero-order valence-electron chi connectivity index (χ0n) is 17.1. The Morgan fingerprint density at radius 1 is 1.06 bits per heavy atom. The van der Waals surface area contributed by atoms with Crippen molar-refractivity contribution in [3.05, 3.63) is 76.9 Å². The van der Waals surface area contributed by atoms with Gasteiger partial charge in [0.1, 0.15) is 23.0 Å². The predicted octanol–water partition coefficient (Wildman–Crippen LogP) is 3.15. The van der Waals surface area contributed by atoms with Crippen molar-refractivity contribution >= 4 is 41.6 Å². The van der Waals surface area contributed by atoms with Gasteiger partial charge in [-0.3, -0.25) is 5.01 Å². The number of aromatic hydroxyl groups is 2. The van der Waals surface area contributed by atoms with Gasteiger partial charge < -0.3 is 25.4 Å². The molecular formula is C23H19N3O5S2. The van der Waals surface area contributed by atoms with Gasteiger partial charge in [-0.15, -0.1) is 0 Å². The number of esters is 1. The van der Waals surface area contributed by atoms with Crippen LogP contribution in [0.25, 0.3) is 0 Å². The van der Waals surface area contributed by atoms with Crippen molar-refractivity contribution in [1.82, 2.24) is 5.43 Å². The van der Waals surface area contributed by atoms with Gasteiger partial charge in [-0.25, -0.2) is 10.2 Å². The number of benzene rings is 3. The topological polar surface area (TPSA) is 117 Å². The van der Waals surface area contributed by atoms with Gasteiger partial charge in [0.2, 0.25) is 0 Å². The van der Waals surface area contributed by atoms with Crippen LogP contribution in [0.15, 0.2) is 54.6 Å². The van der Waals surface area contributed by atoms with E-state index in [9.17, 15) is 15.0 Å². The molecule has 2 heterocycles. The number of hydrogen-bond donors (Lipinski definition) is 5. The highest BCUT2D eigenvalue weighted by Gasteiger charge is 2.54. The molecule has 0 amide bonds. The van der Waals surface area contributed by atoms with E-state index in [-0.39, 0.29) is 22.2 Å². The van der Waals surface area contributed by atoms with Gasteiger partial charge in [0, 0.05) is 41.1 Å². The maximum atomic E-state index is 13.4. The Bertz CT molecular complexity index is 1260. The van der Waals surface area contributed by atoms with Crippen LogP contribution in [-0.4, -0.2) is 33.6 Å². The monoisotopic (exact) mass is 481 g/mol. The first-order valence-electron chi connectivity index (χ1n) is 10.0. The van der Waals surface area contributed by atoms with Crippen molar-refractivity contribution < 1.29 is 24.5 Å². The molecule has 0 aliphatic carbocycles. The van der Waals surface area contributed by atoms with Crippen LogP contribution in [0, 0.1) is 0 Å². The number of hydrazine groups is 1. The largest absolute Gasteiger partial charge is 0.508 e. The zero-order chi connectivity index (χ0) is 23.3. The molecule has 0 saturated heterocycles. The number of thiol groups is 1. The highest BCUT2D eigenvalue weighted by Crippen LogP contribution is 2.57. The van der Waals surface area contributed by atoms with E-state index < -0.39 is 11.6 Å². The quantitative estimate of drug-likeness (QED) is 0.166. The van der Waals surface area contributed by atoms with Crippen LogP contribution in [0.4, 0.5) is 5.69 Å². The maximum Gasteiger partial charge on any atom is 0.342 e. The Hall–Kier alpha value is -3.47. The number of phenols is 2. The van der Waals surface area contributed by atoms with Crippen LogP contribution in [0.5, 0.6) is 23.0 Å². The number of thiocarbonyl (C=S) groups is 1. The Labute approximate surface area is 199 Å². The summed E-state index contributed by atoms with van der Waals surface area (Å²) in [6.45, 7) is 0.461. The second-order valence-corrected chi connectivity index (χ2v) is 8.40. The van der Waals surface area contributed by atoms with E-state index in [0.717, 1.165) is 0 Å². The smallest absolute Gasteiger partial charge is 0.342 e. The molecule has 0 saturated carbocycles. The maximum absolute atomic E-state index is 13.4. The number of ether oxygens (including phenoxy) is 2. The summed E-state index contributed by atoms with van der Waals surface area (Å²) in [5, 5.41) is 21.6. The number of nitrogens with one attached hydrogen (secondary N) is 1. The third kappa shape index (κ3) is 3.17. The molecule has 0 radical (unpaired) electrons. The number of anilines is 1. The molecule has 0 aromatic heterocycles. The molecule has 3 aromatic carbocycles. The number of fused-ring (bicyclic) bond motifs is 6. The summed E-state index contributed by atoms with van der Waals surface area (Å²) in [6, 6.07) is 14.5. The minimum atomic E-state index is -1.36. The molecule has 1 spiro atoms. The molecule has 5 rings (SSSR count). The molecule has 0 atom stereocenters. The summed E-state index contributed by atoms with van der Waals surface area (Å²) < 4.78 is 12.1. The van der Waals surface area contributed by atoms with Gasteiger partial charge >= 0.3 is 5.97 Å². The zero-order valence-corrected chi connectivity index (χ0v) is 18.8. The minimum absolute atomic E-state index is 0.0126. The van der Waals surface area contributed by atoms with Crippen molar-refractivity contribution in [3.8, 4) is 23.0 Å². The normalized spacial score (nSPS) is 14.6. The van der Waals surface area contributed by atoms with Gasteiger partial charge in [-0.2, -0.15) is 12.6 Å². The fourth-order valence-electron chi connectivity index (χ4n) is 4.36. The van der Waals surface area contributed by atoms with Crippen LogP contribution in [0.1, 0.15) is 27.0 Å². The van der Waals surface area contributed by atoms with Gasteiger partial charge in [0.15, 0.2) is 10.7 Å². The average molecular weight is 482 g/mol. The number of rotatable bonds is 4. The van der Waals surface area contributed by atoms with E-state index in [1.54, 1.807) is 30.3 Å². The molecule has 0 fully saturated rings. The van der Waals surface area contributed by atoms with Crippen molar-refractivity contribution in [1.29, 1.82) is 0 Å². The van der Waals surface area contributed by atoms with Gasteiger partial charge in [0.25, 0.3) is 0 Å². The SMILES string of the molecule is NC(=S)N(NCCS)c1cccc2c1C(=O)OC21c2ccc(O)cc2Oc2cc(O)ccc21. The minimum Gasteiger partial charge on any atom is -0.508 e. The van der Waals surface area contributed by atoms with Crippen LogP contribution in [0.3, 0.4) is 0 Å². The van der Waals surface area contributed by atoms with E-state index in [1.807, 2.05) is 0 Å². The van der Waals surface area contributed by atoms with Gasteiger partial charge in [-0.05, 0) is 42.5 Å². The van der Waals surface area contributed by atoms with E-state index >= 15 is 0 Å². The van der Waals surface area contributed by atoms with E-state index in [4.69, 9.17) is 27.4 Å². The van der Waals surface area contributed by atoms with Crippen molar-refractivity contribution in [2.45, 2.75) is 5.60 Å². The van der Waals surface area contributed by atoms with Crippen LogP contribution in [0.2, 0.25) is 0 Å². The second kappa shape index (κ2) is 7.84. The number of nitrogens with zero attached hydrogens (tertiary/aromatic N) is 1. The summed E-state index contributed by atoms with van der Waals surface area (Å²) in [5.41, 5.74) is 10.0. The molecule has 8 nitrogen and oxygen atoms in total. The first kappa shape index (κ1) is 21.4. The second-order valence-electron chi connectivity index (χ2n) is 7.54. The van der Waals surface area contributed by atoms with Gasteiger partial charge in [0.05, 0.1) is 11.3 Å². The first-order valence-corrected chi connectivity index (χ1v) is 11.1. The van der Waals surface area contributed by atoms with Crippen molar-refractivity contribution in [2.75, 3.05) is 17.3 Å². The fourth-order valence-corrected chi connectivity index (χ4v) is 4.62. The van der Waals surface area contributed by atoms with Crippen molar-refractivity contribution in [2.24, 2.45) is 5.73 Å². The Morgan fingerprint density at radius 3 is 2.27 bits per heavy atom. The summed E-state index contributed by atoms with van der Waals surface area (Å²) in [5.74, 6) is 0.530. The lowest BCUT2D eigenvalue weighted by atomic mass is 9.77. The third-order valence-corrected chi connectivity index (χ3v) is 6.03. The standard InChI is InChI=1S/C23H19N3O5S2/c24-22(33)26(25-8-9-32)17-3-1-2-16-20(17)21(29)31-23(16)14-6-4-12(27)10-18(14)30-19-11-13(28)5-7-15(19)23/h1-7,10-11,25,27-28,32H,8-9H2,(H2,24,33). The summed E-state index contributed by atoms with van der Waals surface area (Å²) in [4.78, 5) is 13.4. The molecule has 10 heteroatoms. The highest BCUT2D eigenvalue weighted by molar-refractivity contribution is 7.80. The number of carbonyl (C=O) groups is 1. The molecule has 168 valence electrons. The van der Waals surface area contributed by atoms with E-state index in [0.29, 0.717) is 46.2 Å². The summed E-state index contributed by atoms with van der Waals surface area (Å²) >= 11 is 9.43. The number of phenolic OH excluding ortho intramolecular Hbond substituents is 2. The molecule has 0 unspecified atom stereocenters. The lowest BCUT2D eigenvalue weighted by Crippen LogP contribution is -2.47. The van der Waals surface area contributed by atoms with Gasteiger partial charge in [-0.1, -0.05) is 12.1 Å². The molecule has 3 aromatic rings. The lowest BCUT2D eigenvalue weighted by Gasteiger charge is -2.36. The third-order valence-electron chi connectivity index (χ3n) is 5.62. The first-order chi connectivity index (χ1) is 15.9. The molecule has 33 heavy (non-hydrogen) atoms. The Kier molecular flexibility index (Phi) is 5.08. The molecular weight excluding hydrogens is 462 g/mol. The fraction of sp³-hybridized carbons (Fsp3) is 0.130. The van der Waals surface area contributed by atoms with Crippen LogP contribution >= 0.6 is 24.8 Å². The summed E-state index contributed by atoms with van der Waals surface area (Å²) in [7, 11) is 0. The number of hydrogen-bond acceptors (Lipinski definition) is 8.